The molecule has 0 amide bonds. The van der Waals surface area contributed by atoms with Gasteiger partial charge in [-0.25, -0.2) is 0 Å². The molecule has 0 saturated carbocycles. The minimum Gasteiger partial charge on any atom is -0.399 e. The Labute approximate surface area is 146 Å². The summed E-state index contributed by atoms with van der Waals surface area (Å²) in [5.41, 5.74) is 9.58. The normalized spacial score (nSPS) is 10.0. The van der Waals surface area contributed by atoms with Crippen molar-refractivity contribution in [3.8, 4) is 11.8 Å². The maximum absolute atomic E-state index is 5.67. The van der Waals surface area contributed by atoms with Crippen LogP contribution in [0.3, 0.4) is 0 Å². The highest BCUT2D eigenvalue weighted by Gasteiger charge is 1.95. The van der Waals surface area contributed by atoms with Gasteiger partial charge in [0.05, 0.1) is 0 Å². The van der Waals surface area contributed by atoms with Crippen molar-refractivity contribution in [3.63, 3.8) is 0 Å². The summed E-state index contributed by atoms with van der Waals surface area (Å²) >= 11 is 1.61. The number of nitrogen functional groups attached to an aromatic ring is 1. The third-order valence-electron chi connectivity index (χ3n) is 3.33. The minimum absolute atomic E-state index is 0.751. The molecule has 0 fully saturated rings. The molecule has 1 heterocycles. The van der Waals surface area contributed by atoms with E-state index in [0.717, 1.165) is 28.3 Å². The fourth-order valence-corrected chi connectivity index (χ4v) is 2.70. The monoisotopic (exact) mass is 331 g/mol. The number of hydrogen-bond donors (Lipinski definition) is 2. The zero-order valence-corrected chi connectivity index (χ0v) is 13.9. The van der Waals surface area contributed by atoms with Gasteiger partial charge in [-0.15, -0.1) is 0 Å². The molecule has 3 aromatic rings. The summed E-state index contributed by atoms with van der Waals surface area (Å²) in [5, 5.41) is 0. The van der Waals surface area contributed by atoms with Crippen LogP contribution < -0.4 is 10.5 Å². The first-order chi connectivity index (χ1) is 11.8. The third kappa shape index (κ3) is 4.88. The van der Waals surface area contributed by atoms with Crippen LogP contribution in [0, 0.1) is 11.8 Å². The molecule has 0 aliphatic rings. The summed E-state index contributed by atoms with van der Waals surface area (Å²) in [5.74, 6) is 6.30. The molecule has 0 unspecified atom stereocenters. The molecule has 0 radical (unpaired) electrons. The Morgan fingerprint density at radius 1 is 0.833 bits per heavy atom. The van der Waals surface area contributed by atoms with Crippen molar-refractivity contribution in [3.05, 3.63) is 89.7 Å². The summed E-state index contributed by atoms with van der Waals surface area (Å²) in [6.45, 7) is 0.798. The highest BCUT2D eigenvalue weighted by atomic mass is 32.2. The zero-order valence-electron chi connectivity index (χ0n) is 13.1. The summed E-state index contributed by atoms with van der Waals surface area (Å²) in [7, 11) is 0. The van der Waals surface area contributed by atoms with E-state index >= 15 is 0 Å². The lowest BCUT2D eigenvalue weighted by Gasteiger charge is -2.04. The van der Waals surface area contributed by atoms with Crippen LogP contribution >= 0.6 is 11.9 Å². The van der Waals surface area contributed by atoms with E-state index in [1.807, 2.05) is 48.5 Å². The largest absolute Gasteiger partial charge is 0.399 e. The Kier molecular flexibility index (Phi) is 5.52. The number of nitrogens with two attached hydrogens (primary N) is 1. The van der Waals surface area contributed by atoms with E-state index in [9.17, 15) is 0 Å². The quantitative estimate of drug-likeness (QED) is 0.433. The second-order valence-corrected chi connectivity index (χ2v) is 6.14. The van der Waals surface area contributed by atoms with Gasteiger partial charge in [0.1, 0.15) is 0 Å². The first kappa shape index (κ1) is 16.1. The molecule has 3 N–H and O–H groups in total. The van der Waals surface area contributed by atoms with Gasteiger partial charge in [0.2, 0.25) is 0 Å². The third-order valence-corrected chi connectivity index (χ3v) is 4.13. The molecule has 0 bridgehead atoms. The van der Waals surface area contributed by atoms with Crippen LogP contribution in [0.5, 0.6) is 0 Å². The molecule has 2 aromatic carbocycles. The lowest BCUT2D eigenvalue weighted by Crippen LogP contribution is -2.02. The van der Waals surface area contributed by atoms with Gasteiger partial charge >= 0.3 is 0 Å². The van der Waals surface area contributed by atoms with Gasteiger partial charge in [-0.3, -0.25) is 9.71 Å². The molecule has 118 valence electrons. The lowest BCUT2D eigenvalue weighted by molar-refractivity contribution is 0.969. The van der Waals surface area contributed by atoms with E-state index in [0.29, 0.717) is 0 Å². The fraction of sp³-hybridized carbons (Fsp3) is 0.0500. The first-order valence-corrected chi connectivity index (χ1v) is 8.37. The van der Waals surface area contributed by atoms with Crippen LogP contribution in [0.1, 0.15) is 16.7 Å². The Morgan fingerprint density at radius 3 is 2.04 bits per heavy atom. The molecule has 0 aliphatic heterocycles. The van der Waals surface area contributed by atoms with Gasteiger partial charge in [-0.2, -0.15) is 0 Å². The SMILES string of the molecule is Nc1ccc(C#Cc2ccc(SNCc3ccncc3)cc2)cc1. The molecule has 0 saturated heterocycles. The highest BCUT2D eigenvalue weighted by Crippen LogP contribution is 2.16. The molecule has 0 aliphatic carbocycles. The summed E-state index contributed by atoms with van der Waals surface area (Å²) in [6, 6.07) is 19.8. The molecular weight excluding hydrogens is 314 g/mol. The number of pyridine rings is 1. The van der Waals surface area contributed by atoms with Crippen molar-refractivity contribution in [1.29, 1.82) is 0 Å². The number of nitrogens with one attached hydrogen (secondary N) is 1. The van der Waals surface area contributed by atoms with Crippen molar-refractivity contribution in [2.24, 2.45) is 0 Å². The maximum atomic E-state index is 5.67. The standard InChI is InChI=1S/C20H17N3S/c21-19-7-3-16(4-8-19)1-2-17-5-9-20(10-6-17)24-23-15-18-11-13-22-14-12-18/h3-14,23H,15,21H2. The molecule has 3 nitrogen and oxygen atoms in total. The van der Waals surface area contributed by atoms with Gasteiger partial charge in [0.25, 0.3) is 0 Å². The van der Waals surface area contributed by atoms with Gasteiger partial charge < -0.3 is 5.73 Å². The smallest absolute Gasteiger partial charge is 0.0314 e. The molecule has 0 atom stereocenters. The molecule has 0 spiro atoms. The summed E-state index contributed by atoms with van der Waals surface area (Å²) < 4.78 is 3.34. The van der Waals surface area contributed by atoms with Crippen LogP contribution in [0.25, 0.3) is 0 Å². The number of rotatable bonds is 4. The topological polar surface area (TPSA) is 50.9 Å². The molecule has 24 heavy (non-hydrogen) atoms. The van der Waals surface area contributed by atoms with Crippen molar-refractivity contribution < 1.29 is 0 Å². The molecular formula is C20H17N3S. The van der Waals surface area contributed by atoms with Crippen molar-refractivity contribution >= 4 is 17.6 Å². The van der Waals surface area contributed by atoms with E-state index in [1.54, 1.807) is 24.3 Å². The number of hydrogen-bond acceptors (Lipinski definition) is 4. The van der Waals surface area contributed by atoms with Crippen LogP contribution in [-0.4, -0.2) is 4.98 Å². The van der Waals surface area contributed by atoms with Gasteiger partial charge in [0, 0.05) is 40.6 Å². The average molecular weight is 331 g/mol. The van der Waals surface area contributed by atoms with Gasteiger partial charge in [-0.05, 0) is 78.2 Å². The van der Waals surface area contributed by atoms with E-state index in [-0.39, 0.29) is 0 Å². The van der Waals surface area contributed by atoms with Crippen molar-refractivity contribution in [2.45, 2.75) is 11.4 Å². The second kappa shape index (κ2) is 8.21. The number of nitrogens with zero attached hydrogens (tertiary/aromatic N) is 1. The summed E-state index contributed by atoms with van der Waals surface area (Å²) in [6.07, 6.45) is 3.60. The minimum atomic E-state index is 0.751. The van der Waals surface area contributed by atoms with E-state index in [2.05, 4.69) is 33.7 Å². The lowest BCUT2D eigenvalue weighted by atomic mass is 10.2. The molecule has 4 heteroatoms. The van der Waals surface area contributed by atoms with Crippen molar-refractivity contribution in [2.75, 3.05) is 5.73 Å². The Balaban J connectivity index is 1.55. The van der Waals surface area contributed by atoms with Crippen molar-refractivity contribution in [1.82, 2.24) is 9.71 Å². The maximum Gasteiger partial charge on any atom is 0.0314 e. The van der Waals surface area contributed by atoms with E-state index in [4.69, 9.17) is 5.73 Å². The van der Waals surface area contributed by atoms with Crippen LogP contribution in [0.15, 0.2) is 78.0 Å². The van der Waals surface area contributed by atoms with Gasteiger partial charge in [-0.1, -0.05) is 11.8 Å². The fourth-order valence-electron chi connectivity index (χ4n) is 2.02. The van der Waals surface area contributed by atoms with Gasteiger partial charge in [0.15, 0.2) is 0 Å². The number of anilines is 1. The zero-order chi connectivity index (χ0) is 16.6. The highest BCUT2D eigenvalue weighted by molar-refractivity contribution is 7.97. The average Bonchev–Trinajstić information content (AvgIpc) is 2.63. The summed E-state index contributed by atoms with van der Waals surface area (Å²) in [4.78, 5) is 5.17. The van der Waals surface area contributed by atoms with E-state index < -0.39 is 0 Å². The Morgan fingerprint density at radius 2 is 1.42 bits per heavy atom. The first-order valence-electron chi connectivity index (χ1n) is 7.56. The predicted octanol–water partition coefficient (Wildman–Crippen LogP) is 3.86. The second-order valence-electron chi connectivity index (χ2n) is 5.18. The number of benzene rings is 2. The van der Waals surface area contributed by atoms with E-state index in [1.165, 1.54) is 5.56 Å². The Bertz CT molecular complexity index is 832. The van der Waals surface area contributed by atoms with Crippen LogP contribution in [0.4, 0.5) is 5.69 Å². The predicted molar refractivity (Wildman–Crippen MR) is 100 cm³/mol. The van der Waals surface area contributed by atoms with Crippen LogP contribution in [-0.2, 0) is 6.54 Å². The molecule has 3 rings (SSSR count). The Hall–Kier alpha value is -2.74. The number of aromatic nitrogens is 1. The molecule has 1 aromatic heterocycles. The van der Waals surface area contributed by atoms with Crippen LogP contribution in [0.2, 0.25) is 0 Å².